The lowest BCUT2D eigenvalue weighted by Gasteiger charge is -2.18. The molecular weight excluding hydrogens is 486 g/mol. The molecule has 10 heteroatoms. The lowest BCUT2D eigenvalue weighted by Crippen LogP contribution is -2.23. The van der Waals surface area contributed by atoms with E-state index >= 15 is 0 Å². The summed E-state index contributed by atoms with van der Waals surface area (Å²) in [7, 11) is 0. The summed E-state index contributed by atoms with van der Waals surface area (Å²) in [5.74, 6) is 0.597. The molecule has 0 bridgehead atoms. The van der Waals surface area contributed by atoms with Gasteiger partial charge in [0, 0.05) is 29.5 Å². The molecular formula is C25H26ClN5O3S. The number of rotatable bonds is 6. The molecule has 0 amide bonds. The highest BCUT2D eigenvalue weighted by Gasteiger charge is 2.22. The Kier molecular flexibility index (Phi) is 6.77. The van der Waals surface area contributed by atoms with Crippen LogP contribution >= 0.6 is 22.9 Å². The van der Waals surface area contributed by atoms with Gasteiger partial charge in [-0.2, -0.15) is 0 Å². The molecule has 0 aliphatic carbocycles. The Morgan fingerprint density at radius 1 is 1.09 bits per heavy atom. The van der Waals surface area contributed by atoms with Crippen molar-refractivity contribution in [1.82, 2.24) is 24.5 Å². The second-order valence-corrected chi connectivity index (χ2v) is 10.3. The summed E-state index contributed by atoms with van der Waals surface area (Å²) in [4.78, 5) is 31.0. The topological polar surface area (TPSA) is 103 Å². The van der Waals surface area contributed by atoms with Crippen molar-refractivity contribution in [2.24, 2.45) is 0 Å². The minimum atomic E-state index is -1.20. The normalized spacial score (nSPS) is 11.7. The first-order valence-corrected chi connectivity index (χ1v) is 12.2. The van der Waals surface area contributed by atoms with Crippen molar-refractivity contribution >= 4 is 22.9 Å². The van der Waals surface area contributed by atoms with E-state index in [0.29, 0.717) is 28.5 Å². The van der Waals surface area contributed by atoms with E-state index < -0.39 is 11.2 Å². The first kappa shape index (κ1) is 25.0. The molecule has 4 rings (SSSR count). The Morgan fingerprint density at radius 3 is 2.46 bits per heavy atom. The number of hydrogen-bond acceptors (Lipinski definition) is 8. The number of nitrogens with zero attached hydrogens (tertiary/aromatic N) is 5. The van der Waals surface area contributed by atoms with Gasteiger partial charge in [-0.25, -0.2) is 15.0 Å². The van der Waals surface area contributed by atoms with Gasteiger partial charge in [0.2, 0.25) is 0 Å². The maximum atomic E-state index is 13.3. The van der Waals surface area contributed by atoms with Crippen LogP contribution in [-0.4, -0.2) is 29.6 Å². The Bertz CT molecular complexity index is 1470. The maximum absolute atomic E-state index is 13.3. The molecule has 1 N–H and O–H groups in total. The number of thiazole rings is 1. The van der Waals surface area contributed by atoms with Crippen LogP contribution in [0.5, 0.6) is 5.75 Å². The van der Waals surface area contributed by atoms with Crippen molar-refractivity contribution in [3.63, 3.8) is 0 Å². The standard InChI is InChI=1S/C25H26ClN5O3S/c1-13-9-27-18(22-14(2)10-28-24(30-22)25(5,6)33)8-19(13)31-15(3)7-20(21(26)23(31)32)34-11-17-12-35-16(4)29-17/h7-10,12,33H,11H2,1-6H3. The van der Waals surface area contributed by atoms with Gasteiger partial charge in [-0.1, -0.05) is 11.6 Å². The molecule has 0 fully saturated rings. The zero-order valence-electron chi connectivity index (χ0n) is 20.4. The molecule has 0 aliphatic rings. The predicted octanol–water partition coefficient (Wildman–Crippen LogP) is 4.84. The van der Waals surface area contributed by atoms with Crippen LogP contribution in [0.15, 0.2) is 34.7 Å². The van der Waals surface area contributed by atoms with E-state index in [1.54, 1.807) is 38.4 Å². The maximum Gasteiger partial charge on any atom is 0.277 e. The van der Waals surface area contributed by atoms with Crippen LogP contribution in [-0.2, 0) is 12.2 Å². The van der Waals surface area contributed by atoms with Crippen LogP contribution in [0.3, 0.4) is 0 Å². The molecule has 4 aromatic rings. The summed E-state index contributed by atoms with van der Waals surface area (Å²) in [6.45, 7) is 11.0. The predicted molar refractivity (Wildman–Crippen MR) is 137 cm³/mol. The van der Waals surface area contributed by atoms with Crippen LogP contribution in [0, 0.1) is 27.7 Å². The zero-order valence-corrected chi connectivity index (χ0v) is 22.0. The zero-order chi connectivity index (χ0) is 25.5. The van der Waals surface area contributed by atoms with Gasteiger partial charge < -0.3 is 9.84 Å². The van der Waals surface area contributed by atoms with E-state index in [1.807, 2.05) is 33.1 Å². The van der Waals surface area contributed by atoms with Gasteiger partial charge in [-0.05, 0) is 58.7 Å². The minimum absolute atomic E-state index is 0.0113. The number of pyridine rings is 2. The number of aromatic nitrogens is 5. The minimum Gasteiger partial charge on any atom is -0.485 e. The molecule has 0 radical (unpaired) electrons. The van der Waals surface area contributed by atoms with E-state index in [-0.39, 0.29) is 17.5 Å². The molecule has 35 heavy (non-hydrogen) atoms. The van der Waals surface area contributed by atoms with E-state index in [1.165, 1.54) is 15.9 Å². The Balaban J connectivity index is 1.76. The van der Waals surface area contributed by atoms with Crippen LogP contribution in [0.1, 0.15) is 47.2 Å². The molecule has 0 aliphatic heterocycles. The van der Waals surface area contributed by atoms with Crippen molar-refractivity contribution in [2.45, 2.75) is 53.8 Å². The quantitative estimate of drug-likeness (QED) is 0.395. The summed E-state index contributed by atoms with van der Waals surface area (Å²) >= 11 is 7.99. The smallest absolute Gasteiger partial charge is 0.277 e. The van der Waals surface area contributed by atoms with Crippen molar-refractivity contribution in [3.8, 4) is 22.8 Å². The molecule has 4 aromatic heterocycles. The van der Waals surface area contributed by atoms with Crippen LogP contribution in [0.25, 0.3) is 17.1 Å². The molecule has 0 unspecified atom stereocenters. The summed E-state index contributed by atoms with van der Waals surface area (Å²) in [5, 5.41) is 13.2. The third kappa shape index (κ3) is 5.12. The highest BCUT2D eigenvalue weighted by Crippen LogP contribution is 2.28. The van der Waals surface area contributed by atoms with Gasteiger partial charge in [-0.3, -0.25) is 14.3 Å². The van der Waals surface area contributed by atoms with Crippen LogP contribution < -0.4 is 10.3 Å². The first-order chi connectivity index (χ1) is 16.5. The molecule has 0 aromatic carbocycles. The van der Waals surface area contributed by atoms with Crippen molar-refractivity contribution in [2.75, 3.05) is 0 Å². The number of halogens is 1. The monoisotopic (exact) mass is 511 g/mol. The number of aryl methyl sites for hydroxylation is 4. The number of hydrogen-bond donors (Lipinski definition) is 1. The van der Waals surface area contributed by atoms with Gasteiger partial charge in [0.15, 0.2) is 5.82 Å². The lowest BCUT2D eigenvalue weighted by molar-refractivity contribution is 0.0688. The van der Waals surface area contributed by atoms with Crippen molar-refractivity contribution < 1.29 is 9.84 Å². The van der Waals surface area contributed by atoms with Gasteiger partial charge in [0.1, 0.15) is 23.0 Å². The van der Waals surface area contributed by atoms with E-state index in [2.05, 4.69) is 19.9 Å². The van der Waals surface area contributed by atoms with E-state index in [9.17, 15) is 9.90 Å². The Labute approximate surface area is 212 Å². The van der Waals surface area contributed by atoms with E-state index in [4.69, 9.17) is 16.3 Å². The third-order valence-corrected chi connectivity index (χ3v) is 6.59. The van der Waals surface area contributed by atoms with Crippen LogP contribution in [0.4, 0.5) is 0 Å². The van der Waals surface area contributed by atoms with Gasteiger partial charge in [0.25, 0.3) is 5.56 Å². The summed E-state index contributed by atoms with van der Waals surface area (Å²) < 4.78 is 7.36. The third-order valence-electron chi connectivity index (χ3n) is 5.42. The number of aliphatic hydroxyl groups is 1. The lowest BCUT2D eigenvalue weighted by atomic mass is 10.1. The highest BCUT2D eigenvalue weighted by atomic mass is 35.5. The second kappa shape index (κ2) is 9.49. The second-order valence-electron chi connectivity index (χ2n) is 8.89. The first-order valence-electron chi connectivity index (χ1n) is 11.0. The fraction of sp³-hybridized carbons (Fsp3) is 0.320. The Hall–Kier alpha value is -3.14. The fourth-order valence-corrected chi connectivity index (χ4v) is 4.38. The molecule has 182 valence electrons. The average Bonchev–Trinajstić information content (AvgIpc) is 3.21. The van der Waals surface area contributed by atoms with Crippen molar-refractivity contribution in [1.29, 1.82) is 0 Å². The number of ether oxygens (including phenoxy) is 1. The average molecular weight is 512 g/mol. The summed E-state index contributed by atoms with van der Waals surface area (Å²) in [6.07, 6.45) is 3.34. The van der Waals surface area contributed by atoms with Gasteiger partial charge in [0.05, 0.1) is 27.8 Å². The molecule has 4 heterocycles. The highest BCUT2D eigenvalue weighted by molar-refractivity contribution is 7.09. The van der Waals surface area contributed by atoms with Crippen LogP contribution in [0.2, 0.25) is 5.02 Å². The molecule has 0 spiro atoms. The summed E-state index contributed by atoms with van der Waals surface area (Å²) in [5.41, 5.74) is 3.18. The molecule has 0 saturated heterocycles. The van der Waals surface area contributed by atoms with Gasteiger partial charge in [-0.15, -0.1) is 11.3 Å². The SMILES string of the molecule is Cc1nc(COc2cc(C)n(-c3cc(-c4nc(C(C)(C)O)ncc4C)ncc3C)c(=O)c2Cl)cs1. The molecule has 0 saturated carbocycles. The molecule has 8 nitrogen and oxygen atoms in total. The largest absolute Gasteiger partial charge is 0.485 e. The van der Waals surface area contributed by atoms with Gasteiger partial charge >= 0.3 is 0 Å². The fourth-order valence-electron chi connectivity index (χ4n) is 3.59. The van der Waals surface area contributed by atoms with E-state index in [0.717, 1.165) is 21.8 Å². The summed E-state index contributed by atoms with van der Waals surface area (Å²) in [6, 6.07) is 3.53. The molecule has 0 atom stereocenters. The van der Waals surface area contributed by atoms with Crippen molar-refractivity contribution in [3.05, 3.63) is 78.6 Å². The Morgan fingerprint density at radius 2 is 1.80 bits per heavy atom.